The number of amides is 1. The van der Waals surface area contributed by atoms with Crippen LogP contribution >= 0.6 is 0 Å². The Bertz CT molecular complexity index is 874. The lowest BCUT2D eigenvalue weighted by molar-refractivity contribution is 0.0904. The van der Waals surface area contributed by atoms with E-state index in [1.165, 1.54) is 0 Å². The van der Waals surface area contributed by atoms with Gasteiger partial charge in [0.05, 0.1) is 6.54 Å². The van der Waals surface area contributed by atoms with Crippen LogP contribution in [-0.4, -0.2) is 45.1 Å². The Morgan fingerprint density at radius 1 is 1.15 bits per heavy atom. The van der Waals surface area contributed by atoms with Gasteiger partial charge in [-0.3, -0.25) is 14.7 Å². The molecule has 7 nitrogen and oxygen atoms in total. The number of carbonyl (C=O) groups is 1. The molecule has 0 unspecified atom stereocenters. The summed E-state index contributed by atoms with van der Waals surface area (Å²) in [4.78, 5) is 23.1. The molecule has 3 heterocycles. The quantitative estimate of drug-likeness (QED) is 0.750. The number of nitrogens with one attached hydrogen (secondary N) is 1. The van der Waals surface area contributed by atoms with Gasteiger partial charge >= 0.3 is 0 Å². The van der Waals surface area contributed by atoms with Crippen LogP contribution in [0.3, 0.4) is 0 Å². The molecule has 1 N–H and O–H groups in total. The highest BCUT2D eigenvalue weighted by molar-refractivity contribution is 5.94. The lowest BCUT2D eigenvalue weighted by Crippen LogP contribution is -2.44. The zero-order valence-electron chi connectivity index (χ0n) is 14.9. The fourth-order valence-corrected chi connectivity index (χ4v) is 3.22. The predicted molar refractivity (Wildman–Crippen MR) is 99.7 cm³/mol. The summed E-state index contributed by atoms with van der Waals surface area (Å²) in [7, 11) is 0. The monoisotopic (exact) mass is 363 g/mol. The van der Waals surface area contributed by atoms with Gasteiger partial charge in [0.15, 0.2) is 0 Å². The first kappa shape index (κ1) is 17.4. The van der Waals surface area contributed by atoms with Crippen molar-refractivity contribution in [3.05, 3.63) is 66.3 Å². The van der Waals surface area contributed by atoms with Gasteiger partial charge in [-0.2, -0.15) is 4.98 Å². The van der Waals surface area contributed by atoms with Crippen LogP contribution in [0.15, 0.2) is 59.4 Å². The third-order valence-electron chi connectivity index (χ3n) is 4.71. The van der Waals surface area contributed by atoms with Crippen molar-refractivity contribution in [2.75, 3.05) is 13.1 Å². The van der Waals surface area contributed by atoms with Crippen LogP contribution in [-0.2, 0) is 6.54 Å². The number of pyridine rings is 1. The molecule has 0 saturated carbocycles. The minimum Gasteiger partial charge on any atom is -0.349 e. The molecule has 7 heteroatoms. The van der Waals surface area contributed by atoms with Crippen LogP contribution in [0.1, 0.15) is 29.1 Å². The zero-order chi connectivity index (χ0) is 18.5. The molecule has 1 aromatic carbocycles. The molecule has 0 radical (unpaired) electrons. The number of nitrogens with zero attached hydrogens (tertiary/aromatic N) is 4. The summed E-state index contributed by atoms with van der Waals surface area (Å²) < 4.78 is 5.37. The van der Waals surface area contributed by atoms with Crippen molar-refractivity contribution in [2.45, 2.75) is 25.4 Å². The fraction of sp³-hybridized carbons (Fsp3) is 0.300. The van der Waals surface area contributed by atoms with Crippen LogP contribution in [0, 0.1) is 0 Å². The third kappa shape index (κ3) is 4.38. The molecule has 1 saturated heterocycles. The first-order chi connectivity index (χ1) is 13.3. The van der Waals surface area contributed by atoms with Gasteiger partial charge < -0.3 is 9.84 Å². The summed E-state index contributed by atoms with van der Waals surface area (Å²) in [5.74, 6) is 1.15. The Morgan fingerprint density at radius 3 is 2.70 bits per heavy atom. The first-order valence-corrected chi connectivity index (χ1v) is 9.09. The van der Waals surface area contributed by atoms with Crippen LogP contribution < -0.4 is 5.32 Å². The smallest absolute Gasteiger partial charge is 0.251 e. The Labute approximate surface area is 157 Å². The molecule has 0 atom stereocenters. The minimum absolute atomic E-state index is 0.00735. The SMILES string of the molecule is O=C(NC1CCN(Cc2nc(-c3cccnc3)no2)CC1)c1ccccc1. The summed E-state index contributed by atoms with van der Waals surface area (Å²) >= 11 is 0. The van der Waals surface area contributed by atoms with E-state index in [1.807, 2.05) is 42.5 Å². The van der Waals surface area contributed by atoms with E-state index in [0.717, 1.165) is 31.5 Å². The minimum atomic E-state index is -0.00735. The maximum absolute atomic E-state index is 12.3. The standard InChI is InChI=1S/C20H21N5O2/c26-20(15-5-2-1-3-6-15)22-17-8-11-25(12-9-17)14-18-23-19(24-27-18)16-7-4-10-21-13-16/h1-7,10,13,17H,8-9,11-12,14H2,(H,22,26). The summed E-state index contributed by atoms with van der Waals surface area (Å²) in [6, 6.07) is 13.3. The summed E-state index contributed by atoms with van der Waals surface area (Å²) in [5.41, 5.74) is 1.54. The molecule has 0 bridgehead atoms. The summed E-state index contributed by atoms with van der Waals surface area (Å²) in [6.07, 6.45) is 5.24. The number of carbonyl (C=O) groups excluding carboxylic acids is 1. The molecule has 27 heavy (non-hydrogen) atoms. The van der Waals surface area contributed by atoms with E-state index < -0.39 is 0 Å². The predicted octanol–water partition coefficient (Wildman–Crippen LogP) is 2.53. The largest absolute Gasteiger partial charge is 0.349 e. The zero-order valence-corrected chi connectivity index (χ0v) is 14.9. The van der Waals surface area contributed by atoms with Crippen LogP contribution in [0.25, 0.3) is 11.4 Å². The second-order valence-electron chi connectivity index (χ2n) is 6.64. The molecule has 1 amide bonds. The van der Waals surface area contributed by atoms with Gasteiger partial charge in [-0.25, -0.2) is 0 Å². The first-order valence-electron chi connectivity index (χ1n) is 9.09. The molecule has 1 aliphatic rings. The van der Waals surface area contributed by atoms with Crippen LogP contribution in [0.5, 0.6) is 0 Å². The average Bonchev–Trinajstić information content (AvgIpc) is 3.19. The number of likely N-dealkylation sites (tertiary alicyclic amines) is 1. The molecular formula is C20H21N5O2. The molecule has 1 fully saturated rings. The van der Waals surface area contributed by atoms with Crippen molar-refractivity contribution in [2.24, 2.45) is 0 Å². The van der Waals surface area contributed by atoms with Gasteiger partial charge in [-0.05, 0) is 37.1 Å². The van der Waals surface area contributed by atoms with Gasteiger partial charge in [-0.1, -0.05) is 23.4 Å². The lowest BCUT2D eigenvalue weighted by atomic mass is 10.0. The van der Waals surface area contributed by atoms with Crippen LogP contribution in [0.4, 0.5) is 0 Å². The van der Waals surface area contributed by atoms with E-state index >= 15 is 0 Å². The Balaban J connectivity index is 1.27. The number of piperidine rings is 1. The second kappa shape index (κ2) is 8.09. The molecule has 4 rings (SSSR count). The Kier molecular flexibility index (Phi) is 5.20. The highest BCUT2D eigenvalue weighted by Gasteiger charge is 2.22. The van der Waals surface area contributed by atoms with E-state index in [0.29, 0.717) is 23.8 Å². The highest BCUT2D eigenvalue weighted by atomic mass is 16.5. The maximum Gasteiger partial charge on any atom is 0.251 e. The van der Waals surface area contributed by atoms with Gasteiger partial charge in [0.1, 0.15) is 0 Å². The van der Waals surface area contributed by atoms with Gasteiger partial charge in [0, 0.05) is 42.7 Å². The number of aromatic nitrogens is 3. The summed E-state index contributed by atoms with van der Waals surface area (Å²) in [5, 5.41) is 7.15. The number of rotatable bonds is 5. The Hall–Kier alpha value is -3.06. The lowest BCUT2D eigenvalue weighted by Gasteiger charge is -2.31. The topological polar surface area (TPSA) is 84.2 Å². The van der Waals surface area contributed by atoms with Gasteiger partial charge in [-0.15, -0.1) is 0 Å². The molecule has 0 aliphatic carbocycles. The maximum atomic E-state index is 12.3. The average molecular weight is 363 g/mol. The van der Waals surface area contributed by atoms with Crippen molar-refractivity contribution < 1.29 is 9.32 Å². The van der Waals surface area contributed by atoms with Crippen molar-refractivity contribution in [3.63, 3.8) is 0 Å². The van der Waals surface area contributed by atoms with Gasteiger partial charge in [0.2, 0.25) is 11.7 Å². The summed E-state index contributed by atoms with van der Waals surface area (Å²) in [6.45, 7) is 2.38. The van der Waals surface area contributed by atoms with E-state index in [-0.39, 0.29) is 11.9 Å². The van der Waals surface area contributed by atoms with Crippen molar-refractivity contribution >= 4 is 5.91 Å². The van der Waals surface area contributed by atoms with E-state index in [4.69, 9.17) is 4.52 Å². The number of benzene rings is 1. The second-order valence-corrected chi connectivity index (χ2v) is 6.64. The van der Waals surface area contributed by atoms with Crippen molar-refractivity contribution in [1.29, 1.82) is 0 Å². The molecule has 2 aromatic heterocycles. The number of hydrogen-bond acceptors (Lipinski definition) is 6. The van der Waals surface area contributed by atoms with Crippen LogP contribution in [0.2, 0.25) is 0 Å². The molecule has 3 aromatic rings. The van der Waals surface area contributed by atoms with Crippen molar-refractivity contribution in [3.8, 4) is 11.4 Å². The number of hydrogen-bond donors (Lipinski definition) is 1. The van der Waals surface area contributed by atoms with Crippen molar-refractivity contribution in [1.82, 2.24) is 25.3 Å². The molecular weight excluding hydrogens is 342 g/mol. The molecule has 0 spiro atoms. The third-order valence-corrected chi connectivity index (χ3v) is 4.71. The van der Waals surface area contributed by atoms with E-state index in [2.05, 4.69) is 25.3 Å². The molecule has 1 aliphatic heterocycles. The highest BCUT2D eigenvalue weighted by Crippen LogP contribution is 2.17. The van der Waals surface area contributed by atoms with E-state index in [1.54, 1.807) is 12.4 Å². The Morgan fingerprint density at radius 2 is 1.96 bits per heavy atom. The van der Waals surface area contributed by atoms with E-state index in [9.17, 15) is 4.79 Å². The molecule has 138 valence electrons. The fourth-order valence-electron chi connectivity index (χ4n) is 3.22. The normalized spacial score (nSPS) is 15.6. The van der Waals surface area contributed by atoms with Gasteiger partial charge in [0.25, 0.3) is 5.91 Å².